The molecule has 0 aromatic heterocycles. The van der Waals surface area contributed by atoms with Gasteiger partial charge in [0.15, 0.2) is 0 Å². The molecule has 22 heavy (non-hydrogen) atoms. The van der Waals surface area contributed by atoms with Gasteiger partial charge in [-0.3, -0.25) is 4.79 Å². The quantitative estimate of drug-likeness (QED) is 0.849. The number of hydrogen-bond acceptors (Lipinski definition) is 2. The summed E-state index contributed by atoms with van der Waals surface area (Å²) in [5.74, 6) is -0.374. The van der Waals surface area contributed by atoms with Crippen LogP contribution in [-0.2, 0) is 16.0 Å². The third kappa shape index (κ3) is 4.58. The summed E-state index contributed by atoms with van der Waals surface area (Å²) in [4.78, 5) is 23.7. The summed E-state index contributed by atoms with van der Waals surface area (Å²) < 4.78 is 0. The van der Waals surface area contributed by atoms with E-state index in [1.807, 2.05) is 30.3 Å². The van der Waals surface area contributed by atoms with Gasteiger partial charge in [-0.1, -0.05) is 43.7 Å². The lowest BCUT2D eigenvalue weighted by Crippen LogP contribution is -2.45. The first-order valence-electron chi connectivity index (χ1n) is 8.17. The molecule has 0 aliphatic heterocycles. The summed E-state index contributed by atoms with van der Waals surface area (Å²) >= 11 is 0. The minimum absolute atomic E-state index is 0.0274. The largest absolute Gasteiger partial charge is 0.480 e. The fraction of sp³-hybridized carbons (Fsp3) is 0.556. The van der Waals surface area contributed by atoms with Crippen LogP contribution in [0.25, 0.3) is 0 Å². The Labute approximate surface area is 131 Å². The lowest BCUT2D eigenvalue weighted by Gasteiger charge is -2.28. The van der Waals surface area contributed by atoms with Crippen molar-refractivity contribution in [2.24, 2.45) is 11.8 Å². The van der Waals surface area contributed by atoms with Gasteiger partial charge in [-0.2, -0.15) is 0 Å². The Balaban J connectivity index is 1.91. The predicted octanol–water partition coefficient (Wildman–Crippen LogP) is 3.01. The molecule has 1 aliphatic rings. The molecular weight excluding hydrogens is 278 g/mol. The molecule has 1 amide bonds. The van der Waals surface area contributed by atoms with Gasteiger partial charge in [0.05, 0.1) is 0 Å². The van der Waals surface area contributed by atoms with E-state index in [1.165, 1.54) is 6.42 Å². The highest BCUT2D eigenvalue weighted by molar-refractivity contribution is 5.85. The van der Waals surface area contributed by atoms with E-state index in [-0.39, 0.29) is 11.8 Å². The van der Waals surface area contributed by atoms with Crippen LogP contribution in [0.15, 0.2) is 30.3 Å². The van der Waals surface area contributed by atoms with Gasteiger partial charge in [0.25, 0.3) is 0 Å². The number of rotatable bonds is 6. The van der Waals surface area contributed by atoms with E-state index in [1.54, 1.807) is 0 Å². The second-order valence-electron chi connectivity index (χ2n) is 6.22. The number of aliphatic carboxylic acids is 1. The van der Waals surface area contributed by atoms with Gasteiger partial charge in [0.2, 0.25) is 5.91 Å². The zero-order valence-corrected chi connectivity index (χ0v) is 13.1. The minimum atomic E-state index is -0.973. The van der Waals surface area contributed by atoms with Crippen LogP contribution >= 0.6 is 0 Å². The molecule has 0 unspecified atom stereocenters. The van der Waals surface area contributed by atoms with E-state index in [0.29, 0.717) is 6.42 Å². The van der Waals surface area contributed by atoms with Gasteiger partial charge in [0, 0.05) is 12.3 Å². The summed E-state index contributed by atoms with van der Waals surface area (Å²) in [6.07, 6.45) is 5.40. The highest BCUT2D eigenvalue weighted by atomic mass is 16.4. The van der Waals surface area contributed by atoms with Crippen molar-refractivity contribution in [2.45, 2.75) is 51.5 Å². The monoisotopic (exact) mass is 303 g/mol. The highest BCUT2D eigenvalue weighted by Crippen LogP contribution is 2.30. The van der Waals surface area contributed by atoms with E-state index in [2.05, 4.69) is 12.2 Å². The van der Waals surface area contributed by atoms with Crippen molar-refractivity contribution in [3.8, 4) is 0 Å². The van der Waals surface area contributed by atoms with Crippen LogP contribution in [0.4, 0.5) is 0 Å². The van der Waals surface area contributed by atoms with Crippen LogP contribution < -0.4 is 5.32 Å². The van der Waals surface area contributed by atoms with Crippen LogP contribution in [0, 0.1) is 11.8 Å². The molecule has 1 saturated carbocycles. The Morgan fingerprint density at radius 1 is 1.18 bits per heavy atom. The van der Waals surface area contributed by atoms with Crippen molar-refractivity contribution in [3.05, 3.63) is 35.9 Å². The molecular formula is C18H25NO3. The lowest BCUT2D eigenvalue weighted by molar-refractivity contribution is -0.142. The molecule has 0 saturated heterocycles. The minimum Gasteiger partial charge on any atom is -0.480 e. The Morgan fingerprint density at radius 2 is 1.82 bits per heavy atom. The maximum Gasteiger partial charge on any atom is 0.326 e. The average molecular weight is 303 g/mol. The maximum atomic E-state index is 12.3. The Bertz CT molecular complexity index is 492. The van der Waals surface area contributed by atoms with Crippen molar-refractivity contribution in [1.82, 2.24) is 5.32 Å². The zero-order chi connectivity index (χ0) is 15.9. The molecule has 1 fully saturated rings. The van der Waals surface area contributed by atoms with Gasteiger partial charge in [0.1, 0.15) is 6.04 Å². The SMILES string of the molecule is CC[C@H]1CC[C@H](C(=O)N[C@H](Cc2ccccc2)C(=O)O)CC1. The molecule has 0 spiro atoms. The van der Waals surface area contributed by atoms with E-state index in [0.717, 1.165) is 37.2 Å². The molecule has 1 aromatic rings. The molecule has 0 bridgehead atoms. The topological polar surface area (TPSA) is 66.4 Å². The molecule has 1 atom stereocenters. The fourth-order valence-electron chi connectivity index (χ4n) is 3.17. The number of nitrogens with one attached hydrogen (secondary N) is 1. The van der Waals surface area contributed by atoms with Crippen LogP contribution in [-0.4, -0.2) is 23.0 Å². The number of amides is 1. The molecule has 2 rings (SSSR count). The first-order valence-corrected chi connectivity index (χ1v) is 8.17. The Hall–Kier alpha value is -1.84. The van der Waals surface area contributed by atoms with Crippen LogP contribution in [0.3, 0.4) is 0 Å². The van der Waals surface area contributed by atoms with Crippen LogP contribution in [0.5, 0.6) is 0 Å². The van der Waals surface area contributed by atoms with E-state index >= 15 is 0 Å². The Morgan fingerprint density at radius 3 is 2.36 bits per heavy atom. The molecule has 1 aromatic carbocycles. The molecule has 0 radical (unpaired) electrons. The summed E-state index contributed by atoms with van der Waals surface area (Å²) in [6.45, 7) is 2.19. The van der Waals surface area contributed by atoms with Gasteiger partial charge < -0.3 is 10.4 Å². The number of hydrogen-bond donors (Lipinski definition) is 2. The molecule has 4 heteroatoms. The molecule has 1 aliphatic carbocycles. The van der Waals surface area contributed by atoms with Crippen molar-refractivity contribution in [2.75, 3.05) is 0 Å². The third-order valence-electron chi connectivity index (χ3n) is 4.69. The van der Waals surface area contributed by atoms with E-state index < -0.39 is 12.0 Å². The number of carbonyl (C=O) groups excluding carboxylic acids is 1. The Kier molecular flexibility index (Phi) is 5.99. The van der Waals surface area contributed by atoms with Crippen molar-refractivity contribution >= 4 is 11.9 Å². The number of benzene rings is 1. The summed E-state index contributed by atoms with van der Waals surface area (Å²) in [5, 5.41) is 12.1. The van der Waals surface area contributed by atoms with Gasteiger partial charge >= 0.3 is 5.97 Å². The fourth-order valence-corrected chi connectivity index (χ4v) is 3.17. The predicted molar refractivity (Wildman–Crippen MR) is 85.5 cm³/mol. The number of carboxylic acids is 1. The average Bonchev–Trinajstić information content (AvgIpc) is 2.55. The summed E-state index contributed by atoms with van der Waals surface area (Å²) in [6, 6.07) is 8.57. The summed E-state index contributed by atoms with van der Waals surface area (Å²) in [7, 11) is 0. The molecule has 4 nitrogen and oxygen atoms in total. The second-order valence-corrected chi connectivity index (χ2v) is 6.22. The first kappa shape index (κ1) is 16.5. The van der Waals surface area contributed by atoms with Gasteiger partial charge in [-0.15, -0.1) is 0 Å². The maximum absolute atomic E-state index is 12.3. The molecule has 0 heterocycles. The van der Waals surface area contributed by atoms with E-state index in [9.17, 15) is 14.7 Å². The van der Waals surface area contributed by atoms with Crippen LogP contribution in [0.1, 0.15) is 44.6 Å². The van der Waals surface area contributed by atoms with Gasteiger partial charge in [-0.05, 0) is 37.2 Å². The molecule has 2 N–H and O–H groups in total. The lowest BCUT2D eigenvalue weighted by atomic mass is 9.80. The molecule has 120 valence electrons. The standard InChI is InChI=1S/C18H25NO3/c1-2-13-8-10-15(11-9-13)17(20)19-16(18(21)22)12-14-6-4-3-5-7-14/h3-7,13,15-16H,2,8-12H2,1H3,(H,19,20)(H,21,22)/t13-,15-,16-/m1/s1. The number of carboxylic acid groups (broad SMARTS) is 1. The van der Waals surface area contributed by atoms with Crippen molar-refractivity contribution in [1.29, 1.82) is 0 Å². The van der Waals surface area contributed by atoms with Crippen LogP contribution in [0.2, 0.25) is 0 Å². The smallest absolute Gasteiger partial charge is 0.326 e. The first-order chi connectivity index (χ1) is 10.6. The third-order valence-corrected chi connectivity index (χ3v) is 4.69. The normalized spacial score (nSPS) is 22.8. The zero-order valence-electron chi connectivity index (χ0n) is 13.1. The van der Waals surface area contributed by atoms with Crippen molar-refractivity contribution in [3.63, 3.8) is 0 Å². The van der Waals surface area contributed by atoms with Gasteiger partial charge in [-0.25, -0.2) is 4.79 Å². The number of carbonyl (C=O) groups is 2. The van der Waals surface area contributed by atoms with Crippen molar-refractivity contribution < 1.29 is 14.7 Å². The van der Waals surface area contributed by atoms with E-state index in [4.69, 9.17) is 0 Å². The highest BCUT2D eigenvalue weighted by Gasteiger charge is 2.28. The second kappa shape index (κ2) is 7.97. The summed E-state index contributed by atoms with van der Waals surface area (Å²) in [5.41, 5.74) is 0.921.